The highest BCUT2D eigenvalue weighted by Crippen LogP contribution is 2.41. The maximum absolute atomic E-state index is 12.9. The van der Waals surface area contributed by atoms with E-state index in [1.165, 1.54) is 0 Å². The first kappa shape index (κ1) is 21.3. The normalized spacial score (nSPS) is 22.3. The molecule has 2 aromatic rings. The highest BCUT2D eigenvalue weighted by Gasteiger charge is 2.31. The van der Waals surface area contributed by atoms with Crippen LogP contribution in [0.2, 0.25) is 0 Å². The quantitative estimate of drug-likeness (QED) is 0.645. The van der Waals surface area contributed by atoms with Gasteiger partial charge in [0, 0.05) is 37.1 Å². The lowest BCUT2D eigenvalue weighted by molar-refractivity contribution is -0.186. The number of nitrogens with one attached hydrogen (secondary N) is 2. The van der Waals surface area contributed by atoms with Gasteiger partial charge in [-0.1, -0.05) is 30.3 Å². The number of carbonyl (C=O) groups is 2. The fourth-order valence-electron chi connectivity index (χ4n) is 3.85. The zero-order valence-corrected chi connectivity index (χ0v) is 17.4. The summed E-state index contributed by atoms with van der Waals surface area (Å²) in [7, 11) is 1.56. The molecule has 1 atom stereocenters. The smallest absolute Gasteiger partial charge is 0.254 e. The summed E-state index contributed by atoms with van der Waals surface area (Å²) < 4.78 is 16.9. The van der Waals surface area contributed by atoms with Gasteiger partial charge in [-0.05, 0) is 17.7 Å². The van der Waals surface area contributed by atoms with Gasteiger partial charge in [0.2, 0.25) is 0 Å². The second-order valence-electron chi connectivity index (χ2n) is 7.70. The van der Waals surface area contributed by atoms with Crippen molar-refractivity contribution < 1.29 is 23.8 Å². The SMILES string of the molecule is CNC(=O)c1cc(C(=O)NCCC2OCC(N)CO2)cc2c1OC[C@H]2c1ccccc1. The minimum Gasteiger partial charge on any atom is -0.491 e. The number of rotatable bonds is 6. The summed E-state index contributed by atoms with van der Waals surface area (Å²) in [5, 5.41) is 5.51. The Labute approximate surface area is 181 Å². The molecule has 0 aliphatic carbocycles. The molecule has 8 heteroatoms. The van der Waals surface area contributed by atoms with Crippen LogP contribution in [0.4, 0.5) is 0 Å². The summed E-state index contributed by atoms with van der Waals surface area (Å²) in [6.07, 6.45) is 0.138. The Kier molecular flexibility index (Phi) is 6.50. The molecule has 2 amide bonds. The molecule has 4 N–H and O–H groups in total. The minimum atomic E-state index is -0.377. The van der Waals surface area contributed by atoms with Gasteiger partial charge in [-0.15, -0.1) is 0 Å². The topological polar surface area (TPSA) is 112 Å². The van der Waals surface area contributed by atoms with Gasteiger partial charge in [0.1, 0.15) is 5.75 Å². The predicted octanol–water partition coefficient (Wildman–Crippen LogP) is 1.39. The average molecular weight is 425 g/mol. The second-order valence-corrected chi connectivity index (χ2v) is 7.70. The molecule has 0 spiro atoms. The third-order valence-corrected chi connectivity index (χ3v) is 5.48. The average Bonchev–Trinajstić information content (AvgIpc) is 3.23. The van der Waals surface area contributed by atoms with E-state index in [0.29, 0.717) is 49.7 Å². The van der Waals surface area contributed by atoms with E-state index in [9.17, 15) is 9.59 Å². The molecule has 2 aliphatic rings. The van der Waals surface area contributed by atoms with E-state index in [-0.39, 0.29) is 30.1 Å². The standard InChI is InChI=1S/C23H27N3O5/c1-25-23(28)18-10-15(22(27)26-8-7-20-29-11-16(24)12-30-20)9-17-19(13-31-21(17)18)14-5-3-2-4-6-14/h2-6,9-10,16,19-20H,7-8,11-13,24H2,1H3,(H,25,28)(H,26,27)/t16?,19-,20?/m0/s1. The number of benzene rings is 2. The lowest BCUT2D eigenvalue weighted by Crippen LogP contribution is -2.42. The maximum atomic E-state index is 12.9. The Hall–Kier alpha value is -2.94. The summed E-state index contributed by atoms with van der Waals surface area (Å²) in [6.45, 7) is 1.69. The van der Waals surface area contributed by atoms with E-state index in [1.807, 2.05) is 36.4 Å². The molecule has 4 rings (SSSR count). The van der Waals surface area contributed by atoms with Crippen LogP contribution in [-0.4, -0.2) is 57.6 Å². The molecule has 0 radical (unpaired) electrons. The van der Waals surface area contributed by atoms with E-state index in [1.54, 1.807) is 13.1 Å². The summed E-state index contributed by atoms with van der Waals surface area (Å²) in [5.74, 6) is -0.0650. The van der Waals surface area contributed by atoms with Crippen LogP contribution in [-0.2, 0) is 9.47 Å². The zero-order valence-electron chi connectivity index (χ0n) is 17.4. The molecule has 2 aliphatic heterocycles. The van der Waals surface area contributed by atoms with Crippen molar-refractivity contribution in [3.05, 3.63) is 64.7 Å². The number of carbonyl (C=O) groups excluding carboxylic acids is 2. The monoisotopic (exact) mass is 425 g/mol. The van der Waals surface area contributed by atoms with Crippen molar-refractivity contribution >= 4 is 11.8 Å². The highest BCUT2D eigenvalue weighted by molar-refractivity contribution is 6.02. The summed E-state index contributed by atoms with van der Waals surface area (Å²) in [6, 6.07) is 13.2. The van der Waals surface area contributed by atoms with Crippen LogP contribution in [0, 0.1) is 0 Å². The van der Waals surface area contributed by atoms with Crippen LogP contribution < -0.4 is 21.1 Å². The molecule has 0 bridgehead atoms. The van der Waals surface area contributed by atoms with Crippen molar-refractivity contribution in [2.75, 3.05) is 33.4 Å². The van der Waals surface area contributed by atoms with Crippen LogP contribution in [0.5, 0.6) is 5.75 Å². The lowest BCUT2D eigenvalue weighted by Gasteiger charge is -2.27. The van der Waals surface area contributed by atoms with Crippen LogP contribution in [0.3, 0.4) is 0 Å². The largest absolute Gasteiger partial charge is 0.491 e. The van der Waals surface area contributed by atoms with Crippen molar-refractivity contribution in [1.82, 2.24) is 10.6 Å². The first-order valence-electron chi connectivity index (χ1n) is 10.4. The molecule has 31 heavy (non-hydrogen) atoms. The van der Waals surface area contributed by atoms with Gasteiger partial charge in [0.15, 0.2) is 6.29 Å². The number of nitrogens with two attached hydrogens (primary N) is 1. The molecule has 0 aromatic heterocycles. The number of hydrogen-bond acceptors (Lipinski definition) is 6. The number of ether oxygens (including phenoxy) is 3. The van der Waals surface area contributed by atoms with Crippen LogP contribution in [0.1, 0.15) is 44.2 Å². The number of hydrogen-bond donors (Lipinski definition) is 3. The van der Waals surface area contributed by atoms with Crippen LogP contribution >= 0.6 is 0 Å². The van der Waals surface area contributed by atoms with Crippen molar-refractivity contribution in [1.29, 1.82) is 0 Å². The first-order chi connectivity index (χ1) is 15.1. The molecule has 0 unspecified atom stereocenters. The fourth-order valence-corrected chi connectivity index (χ4v) is 3.85. The number of amides is 2. The van der Waals surface area contributed by atoms with E-state index >= 15 is 0 Å². The maximum Gasteiger partial charge on any atom is 0.254 e. The molecule has 0 saturated carbocycles. The highest BCUT2D eigenvalue weighted by atomic mass is 16.7. The molecular weight excluding hydrogens is 398 g/mol. The Morgan fingerprint density at radius 2 is 1.81 bits per heavy atom. The third kappa shape index (κ3) is 4.71. The number of fused-ring (bicyclic) bond motifs is 1. The molecule has 1 saturated heterocycles. The first-order valence-corrected chi connectivity index (χ1v) is 10.4. The molecule has 2 heterocycles. The van der Waals surface area contributed by atoms with E-state index in [0.717, 1.165) is 11.1 Å². The van der Waals surface area contributed by atoms with Crippen molar-refractivity contribution in [2.24, 2.45) is 5.73 Å². The van der Waals surface area contributed by atoms with Gasteiger partial charge in [-0.2, -0.15) is 0 Å². The van der Waals surface area contributed by atoms with E-state index in [2.05, 4.69) is 10.6 Å². The Bertz CT molecular complexity index is 942. The van der Waals surface area contributed by atoms with Crippen molar-refractivity contribution in [2.45, 2.75) is 24.7 Å². The van der Waals surface area contributed by atoms with Gasteiger partial charge in [0.05, 0.1) is 31.4 Å². The molecular formula is C23H27N3O5. The Morgan fingerprint density at radius 3 is 2.52 bits per heavy atom. The lowest BCUT2D eigenvalue weighted by atomic mass is 9.90. The second kappa shape index (κ2) is 9.47. The fraction of sp³-hybridized carbons (Fsp3) is 0.391. The van der Waals surface area contributed by atoms with Gasteiger partial charge in [-0.25, -0.2) is 0 Å². The molecule has 2 aromatic carbocycles. The Morgan fingerprint density at radius 1 is 1.06 bits per heavy atom. The zero-order chi connectivity index (χ0) is 21.8. The van der Waals surface area contributed by atoms with Gasteiger partial charge < -0.3 is 30.6 Å². The molecule has 8 nitrogen and oxygen atoms in total. The van der Waals surface area contributed by atoms with E-state index in [4.69, 9.17) is 19.9 Å². The minimum absolute atomic E-state index is 0.0411. The van der Waals surface area contributed by atoms with E-state index < -0.39 is 0 Å². The van der Waals surface area contributed by atoms with Crippen molar-refractivity contribution in [3.8, 4) is 5.75 Å². The van der Waals surface area contributed by atoms with Crippen LogP contribution in [0.25, 0.3) is 0 Å². The molecule has 164 valence electrons. The summed E-state index contributed by atoms with van der Waals surface area (Å²) in [5.41, 5.74) is 8.42. The van der Waals surface area contributed by atoms with Gasteiger partial charge >= 0.3 is 0 Å². The Balaban J connectivity index is 1.52. The summed E-state index contributed by atoms with van der Waals surface area (Å²) in [4.78, 5) is 25.3. The third-order valence-electron chi connectivity index (χ3n) is 5.48. The summed E-state index contributed by atoms with van der Waals surface area (Å²) >= 11 is 0. The predicted molar refractivity (Wildman–Crippen MR) is 114 cm³/mol. The van der Waals surface area contributed by atoms with Crippen molar-refractivity contribution in [3.63, 3.8) is 0 Å². The van der Waals surface area contributed by atoms with Crippen LogP contribution in [0.15, 0.2) is 42.5 Å². The van der Waals surface area contributed by atoms with Gasteiger partial charge in [-0.3, -0.25) is 9.59 Å². The van der Waals surface area contributed by atoms with Gasteiger partial charge in [0.25, 0.3) is 11.8 Å². The molecule has 1 fully saturated rings.